The molecule has 0 radical (unpaired) electrons. The smallest absolute Gasteiger partial charge is 0.306 e. The third-order valence-electron chi connectivity index (χ3n) is 2.23. The molecular formula is C8H16N2O2. The highest BCUT2D eigenvalue weighted by Crippen LogP contribution is 2.15. The number of hydrogen-bond acceptors (Lipinski definition) is 3. The van der Waals surface area contributed by atoms with E-state index in [2.05, 4.69) is 10.4 Å². The summed E-state index contributed by atoms with van der Waals surface area (Å²) in [6.45, 7) is 4.66. The Labute approximate surface area is 72.5 Å². The Balaban J connectivity index is 2.25. The minimum Gasteiger partial charge on any atom is -0.481 e. The SMILES string of the molecule is CCNN1CCC(C(=O)O)CC1. The van der Waals surface area contributed by atoms with Gasteiger partial charge in [-0.15, -0.1) is 0 Å². The first-order valence-corrected chi connectivity index (χ1v) is 4.45. The third-order valence-corrected chi connectivity index (χ3v) is 2.23. The Hall–Kier alpha value is -0.610. The maximum Gasteiger partial charge on any atom is 0.306 e. The van der Waals surface area contributed by atoms with E-state index in [1.54, 1.807) is 0 Å². The summed E-state index contributed by atoms with van der Waals surface area (Å²) in [5.41, 5.74) is 3.18. The van der Waals surface area contributed by atoms with Gasteiger partial charge in [0.25, 0.3) is 0 Å². The largest absolute Gasteiger partial charge is 0.481 e. The minimum atomic E-state index is -0.647. The van der Waals surface area contributed by atoms with Gasteiger partial charge in [0.1, 0.15) is 0 Å². The fraction of sp³-hybridized carbons (Fsp3) is 0.875. The van der Waals surface area contributed by atoms with E-state index in [0.29, 0.717) is 0 Å². The van der Waals surface area contributed by atoms with Crippen LogP contribution in [0.5, 0.6) is 0 Å². The molecule has 1 saturated heterocycles. The molecule has 2 N–H and O–H groups in total. The standard InChI is InChI=1S/C8H16N2O2/c1-2-9-10-5-3-7(4-6-10)8(11)12/h7,9H,2-6H2,1H3,(H,11,12). The molecule has 1 fully saturated rings. The first-order valence-electron chi connectivity index (χ1n) is 4.45. The Kier molecular flexibility index (Phi) is 3.49. The van der Waals surface area contributed by atoms with Crippen LogP contribution in [0.25, 0.3) is 0 Å². The summed E-state index contributed by atoms with van der Waals surface area (Å²) in [4.78, 5) is 10.6. The van der Waals surface area contributed by atoms with Crippen molar-refractivity contribution in [2.45, 2.75) is 19.8 Å². The fourth-order valence-corrected chi connectivity index (χ4v) is 1.51. The second-order valence-corrected chi connectivity index (χ2v) is 3.11. The van der Waals surface area contributed by atoms with Crippen LogP contribution in [0, 0.1) is 5.92 Å². The van der Waals surface area contributed by atoms with Gasteiger partial charge in [0.05, 0.1) is 5.92 Å². The van der Waals surface area contributed by atoms with Crippen molar-refractivity contribution in [2.24, 2.45) is 5.92 Å². The number of carboxylic acids is 1. The van der Waals surface area contributed by atoms with Gasteiger partial charge >= 0.3 is 5.97 Å². The van der Waals surface area contributed by atoms with Crippen molar-refractivity contribution in [2.75, 3.05) is 19.6 Å². The van der Waals surface area contributed by atoms with Crippen molar-refractivity contribution >= 4 is 5.97 Å². The van der Waals surface area contributed by atoms with Crippen LogP contribution in [0.15, 0.2) is 0 Å². The average Bonchev–Trinajstić information content (AvgIpc) is 2.06. The summed E-state index contributed by atoms with van der Waals surface area (Å²) in [5.74, 6) is -0.772. The Morgan fingerprint density at radius 3 is 2.58 bits per heavy atom. The Bertz CT molecular complexity index is 153. The van der Waals surface area contributed by atoms with Crippen molar-refractivity contribution in [3.05, 3.63) is 0 Å². The number of nitrogens with zero attached hydrogens (tertiary/aromatic N) is 1. The van der Waals surface area contributed by atoms with Crippen molar-refractivity contribution in [1.29, 1.82) is 0 Å². The first-order chi connectivity index (χ1) is 5.74. The minimum absolute atomic E-state index is 0.125. The van der Waals surface area contributed by atoms with Crippen LogP contribution < -0.4 is 5.43 Å². The molecule has 0 atom stereocenters. The predicted molar refractivity (Wildman–Crippen MR) is 45.6 cm³/mol. The molecule has 0 unspecified atom stereocenters. The second-order valence-electron chi connectivity index (χ2n) is 3.11. The van der Waals surface area contributed by atoms with Crippen molar-refractivity contribution in [1.82, 2.24) is 10.4 Å². The Morgan fingerprint density at radius 1 is 1.58 bits per heavy atom. The van der Waals surface area contributed by atoms with E-state index < -0.39 is 5.97 Å². The van der Waals surface area contributed by atoms with Crippen molar-refractivity contribution in [3.8, 4) is 0 Å². The van der Waals surface area contributed by atoms with Crippen LogP contribution in [0.3, 0.4) is 0 Å². The van der Waals surface area contributed by atoms with Gasteiger partial charge in [-0.3, -0.25) is 10.2 Å². The van der Waals surface area contributed by atoms with Gasteiger partial charge in [-0.25, -0.2) is 5.01 Å². The molecule has 0 saturated carbocycles. The Morgan fingerprint density at radius 2 is 2.17 bits per heavy atom. The predicted octanol–water partition coefficient (Wildman–Crippen LogP) is 0.307. The third kappa shape index (κ3) is 2.46. The van der Waals surface area contributed by atoms with Crippen LogP contribution >= 0.6 is 0 Å². The quantitative estimate of drug-likeness (QED) is 0.643. The summed E-state index contributed by atoms with van der Waals surface area (Å²) in [6, 6.07) is 0. The summed E-state index contributed by atoms with van der Waals surface area (Å²) in [6.07, 6.45) is 1.53. The van der Waals surface area contributed by atoms with Gasteiger partial charge in [0.2, 0.25) is 0 Å². The van der Waals surface area contributed by atoms with Gasteiger partial charge in [-0.1, -0.05) is 6.92 Å². The van der Waals surface area contributed by atoms with Gasteiger partial charge in [0.15, 0.2) is 0 Å². The highest BCUT2D eigenvalue weighted by Gasteiger charge is 2.23. The maximum absolute atomic E-state index is 10.6. The number of aliphatic carboxylic acids is 1. The number of carbonyl (C=O) groups is 1. The normalized spacial score (nSPS) is 21.1. The van der Waals surface area contributed by atoms with Crippen LogP contribution in [0.1, 0.15) is 19.8 Å². The summed E-state index contributed by atoms with van der Waals surface area (Å²) in [7, 11) is 0. The monoisotopic (exact) mass is 172 g/mol. The van der Waals surface area contributed by atoms with E-state index >= 15 is 0 Å². The molecule has 0 aliphatic carbocycles. The highest BCUT2D eigenvalue weighted by molar-refractivity contribution is 5.70. The summed E-state index contributed by atoms with van der Waals surface area (Å²) in [5, 5.41) is 10.8. The van der Waals surface area contributed by atoms with E-state index in [4.69, 9.17) is 5.11 Å². The molecule has 12 heavy (non-hydrogen) atoms. The van der Waals surface area contributed by atoms with Crippen molar-refractivity contribution < 1.29 is 9.90 Å². The molecule has 0 spiro atoms. The van der Waals surface area contributed by atoms with Crippen LogP contribution in [0.2, 0.25) is 0 Å². The highest BCUT2D eigenvalue weighted by atomic mass is 16.4. The number of carboxylic acid groups (broad SMARTS) is 1. The van der Waals surface area contributed by atoms with Crippen molar-refractivity contribution in [3.63, 3.8) is 0 Å². The van der Waals surface area contributed by atoms with Gasteiger partial charge in [0, 0.05) is 19.6 Å². The van der Waals surface area contributed by atoms with E-state index in [1.165, 1.54) is 0 Å². The van der Waals surface area contributed by atoms with Crippen LogP contribution in [-0.2, 0) is 4.79 Å². The molecule has 0 bridgehead atoms. The van der Waals surface area contributed by atoms with E-state index in [1.807, 2.05) is 6.92 Å². The second kappa shape index (κ2) is 4.42. The summed E-state index contributed by atoms with van der Waals surface area (Å²) >= 11 is 0. The lowest BCUT2D eigenvalue weighted by molar-refractivity contribution is -0.143. The number of rotatable bonds is 3. The zero-order chi connectivity index (χ0) is 8.97. The number of hydrazine groups is 1. The van der Waals surface area contributed by atoms with Gasteiger partial charge < -0.3 is 5.11 Å². The molecule has 0 aromatic heterocycles. The lowest BCUT2D eigenvalue weighted by Gasteiger charge is -2.29. The molecule has 4 heteroatoms. The molecule has 0 aromatic carbocycles. The topological polar surface area (TPSA) is 52.6 Å². The average molecular weight is 172 g/mol. The van der Waals surface area contributed by atoms with Gasteiger partial charge in [-0.05, 0) is 12.8 Å². The number of nitrogens with one attached hydrogen (secondary N) is 1. The zero-order valence-electron chi connectivity index (χ0n) is 7.42. The number of hydrogen-bond donors (Lipinski definition) is 2. The number of piperidine rings is 1. The molecule has 0 aromatic rings. The van der Waals surface area contributed by atoms with E-state index in [9.17, 15) is 4.79 Å². The summed E-state index contributed by atoms with van der Waals surface area (Å²) < 4.78 is 0. The lowest BCUT2D eigenvalue weighted by Crippen LogP contribution is -2.44. The lowest BCUT2D eigenvalue weighted by atomic mass is 9.98. The first kappa shape index (κ1) is 9.48. The molecular weight excluding hydrogens is 156 g/mol. The van der Waals surface area contributed by atoms with E-state index in [0.717, 1.165) is 32.5 Å². The molecule has 1 aliphatic heterocycles. The molecule has 1 heterocycles. The molecule has 1 rings (SSSR count). The zero-order valence-corrected chi connectivity index (χ0v) is 7.42. The fourth-order valence-electron chi connectivity index (χ4n) is 1.51. The molecule has 0 amide bonds. The van der Waals surface area contributed by atoms with Crippen LogP contribution in [0.4, 0.5) is 0 Å². The molecule has 70 valence electrons. The maximum atomic E-state index is 10.6. The van der Waals surface area contributed by atoms with Gasteiger partial charge in [-0.2, -0.15) is 0 Å². The molecule has 4 nitrogen and oxygen atoms in total. The van der Waals surface area contributed by atoms with Crippen LogP contribution in [-0.4, -0.2) is 35.7 Å². The van der Waals surface area contributed by atoms with E-state index in [-0.39, 0.29) is 5.92 Å². The molecule has 1 aliphatic rings.